The Labute approximate surface area is 125 Å². The molecule has 3 heteroatoms. The molecule has 0 saturated heterocycles. The third-order valence-corrected chi connectivity index (χ3v) is 2.43. The van der Waals surface area contributed by atoms with Gasteiger partial charge in [0.15, 0.2) is 0 Å². The van der Waals surface area contributed by atoms with Crippen molar-refractivity contribution in [1.82, 2.24) is 0 Å². The third kappa shape index (κ3) is 3.56. The summed E-state index contributed by atoms with van der Waals surface area (Å²) in [7, 11) is 0. The first-order valence-corrected chi connectivity index (χ1v) is 5.49. The maximum Gasteiger partial charge on any atom is 1.00 e. The van der Waals surface area contributed by atoms with E-state index in [1.165, 1.54) is 0 Å². The van der Waals surface area contributed by atoms with Crippen molar-refractivity contribution in [3.8, 4) is 5.75 Å². The van der Waals surface area contributed by atoms with E-state index in [1.54, 1.807) is 0 Å². The Morgan fingerprint density at radius 2 is 1.88 bits per heavy atom. The van der Waals surface area contributed by atoms with Crippen LogP contribution in [0.5, 0.6) is 5.75 Å². The fraction of sp³-hybridized carbons (Fsp3) is 0.214. The first kappa shape index (κ1) is 14.2. The molecule has 0 bridgehead atoms. The summed E-state index contributed by atoms with van der Waals surface area (Å²) in [5.41, 5.74) is 0. The minimum Gasteiger partial charge on any atom is -1.00 e. The number of carbonyl (C=O) groups excluding carboxylic acids is 1. The van der Waals surface area contributed by atoms with Gasteiger partial charge in [0.1, 0.15) is 5.75 Å². The van der Waals surface area contributed by atoms with Crippen molar-refractivity contribution in [2.45, 2.75) is 19.8 Å². The van der Waals surface area contributed by atoms with Gasteiger partial charge in [-0.3, -0.25) is 4.79 Å². The van der Waals surface area contributed by atoms with Gasteiger partial charge in [-0.1, -0.05) is 43.3 Å². The second-order valence-corrected chi connectivity index (χ2v) is 3.70. The molecule has 0 aliphatic heterocycles. The third-order valence-electron chi connectivity index (χ3n) is 2.43. The number of ether oxygens (including phenoxy) is 1. The van der Waals surface area contributed by atoms with E-state index in [4.69, 9.17) is 4.74 Å². The van der Waals surface area contributed by atoms with E-state index in [1.807, 2.05) is 49.4 Å². The molecule has 0 radical (unpaired) electrons. The average Bonchev–Trinajstić information content (AvgIpc) is 2.30. The largest absolute Gasteiger partial charge is 1.00 e. The molecule has 84 valence electrons. The van der Waals surface area contributed by atoms with Crippen molar-refractivity contribution in [1.29, 1.82) is 0 Å². The van der Waals surface area contributed by atoms with Gasteiger partial charge in [0.25, 0.3) is 0 Å². The van der Waals surface area contributed by atoms with Gasteiger partial charge in [0.2, 0.25) is 0 Å². The predicted octanol–water partition coefficient (Wildman–Crippen LogP) is 0.662. The van der Waals surface area contributed by atoms with E-state index in [-0.39, 0.29) is 37.0 Å². The molecule has 0 amide bonds. The first-order chi connectivity index (χ1) is 7.81. The first-order valence-electron chi connectivity index (χ1n) is 5.49. The zero-order valence-electron chi connectivity index (χ0n) is 11.3. The second kappa shape index (κ2) is 6.80. The number of esters is 1. The van der Waals surface area contributed by atoms with Crippen LogP contribution in [0, 0.1) is 0 Å². The van der Waals surface area contributed by atoms with Gasteiger partial charge in [0.05, 0.1) is 0 Å². The Morgan fingerprint density at radius 1 is 1.18 bits per heavy atom. The van der Waals surface area contributed by atoms with Crippen LogP contribution in [0.4, 0.5) is 0 Å². The summed E-state index contributed by atoms with van der Waals surface area (Å²) in [4.78, 5) is 11.4. The minimum absolute atomic E-state index is 0. The van der Waals surface area contributed by atoms with Crippen LogP contribution in [-0.4, -0.2) is 5.97 Å². The molecule has 17 heavy (non-hydrogen) atoms. The Kier molecular flexibility index (Phi) is 5.69. The molecule has 0 aliphatic carbocycles. The van der Waals surface area contributed by atoms with Crippen molar-refractivity contribution in [3.63, 3.8) is 0 Å². The summed E-state index contributed by atoms with van der Waals surface area (Å²) in [5, 5.41) is 2.07. The number of fused-ring (bicyclic) bond motifs is 1. The minimum atomic E-state index is -0.168. The molecule has 0 spiro atoms. The molecule has 2 aromatic rings. The smallest absolute Gasteiger partial charge is 1.00 e. The number of hydrogen-bond acceptors (Lipinski definition) is 2. The van der Waals surface area contributed by atoms with Crippen molar-refractivity contribution in [3.05, 3.63) is 42.5 Å². The van der Waals surface area contributed by atoms with Gasteiger partial charge in [-0.2, -0.15) is 0 Å². The zero-order chi connectivity index (χ0) is 11.4. The summed E-state index contributed by atoms with van der Waals surface area (Å²) in [5.74, 6) is 0.482. The van der Waals surface area contributed by atoms with Gasteiger partial charge in [0, 0.05) is 11.8 Å². The van der Waals surface area contributed by atoms with Crippen LogP contribution in [0.15, 0.2) is 42.5 Å². The molecule has 0 N–H and O–H groups in total. The van der Waals surface area contributed by atoms with Gasteiger partial charge in [-0.25, -0.2) is 0 Å². The summed E-state index contributed by atoms with van der Waals surface area (Å²) in [6.45, 7) is 1.96. The Hall–Kier alpha value is -0.830. The molecule has 0 heterocycles. The monoisotopic (exact) mass is 238 g/mol. The summed E-state index contributed by atoms with van der Waals surface area (Å²) >= 11 is 0. The Balaban J connectivity index is 0.00000144. The number of benzene rings is 2. The van der Waals surface area contributed by atoms with Crippen molar-refractivity contribution < 1.29 is 40.5 Å². The normalized spacial score (nSPS) is 9.71. The molecule has 0 aromatic heterocycles. The van der Waals surface area contributed by atoms with Gasteiger partial charge < -0.3 is 6.16 Å². The maximum atomic E-state index is 11.4. The maximum absolute atomic E-state index is 11.4. The van der Waals surface area contributed by atoms with E-state index >= 15 is 0 Å². The quantitative estimate of drug-likeness (QED) is 0.446. The topological polar surface area (TPSA) is 26.3 Å². The van der Waals surface area contributed by atoms with Crippen LogP contribution in [-0.2, 0) is 4.79 Å². The van der Waals surface area contributed by atoms with E-state index in [0.29, 0.717) is 12.2 Å². The standard InChI is InChI=1S/C14H14O2.Na.H/c1-2-6-14(15)16-13-10-5-8-11-7-3-4-9-12(11)13;;/h3-5,7-10H,2,6H2,1H3;;/q;+1;-1. The van der Waals surface area contributed by atoms with Crippen LogP contribution in [0.2, 0.25) is 0 Å². The molecule has 2 rings (SSSR count). The molecule has 0 unspecified atom stereocenters. The van der Waals surface area contributed by atoms with Crippen molar-refractivity contribution in [2.75, 3.05) is 0 Å². The number of rotatable bonds is 3. The zero-order valence-corrected chi connectivity index (χ0v) is 12.3. The van der Waals surface area contributed by atoms with Crippen molar-refractivity contribution in [2.24, 2.45) is 0 Å². The van der Waals surface area contributed by atoms with Crippen LogP contribution in [0.25, 0.3) is 10.8 Å². The van der Waals surface area contributed by atoms with E-state index < -0.39 is 0 Å². The SMILES string of the molecule is CCCC(=O)Oc1cccc2ccccc12.[H-].[Na+]. The molecular formula is C14H15NaO2. The number of carbonyl (C=O) groups is 1. The van der Waals surface area contributed by atoms with Crippen LogP contribution >= 0.6 is 0 Å². The summed E-state index contributed by atoms with van der Waals surface area (Å²) in [6.07, 6.45) is 1.27. The molecule has 2 nitrogen and oxygen atoms in total. The predicted molar refractivity (Wildman–Crippen MR) is 65.6 cm³/mol. The summed E-state index contributed by atoms with van der Waals surface area (Å²) in [6, 6.07) is 13.6. The molecule has 0 atom stereocenters. The van der Waals surface area contributed by atoms with Gasteiger partial charge in [-0.15, -0.1) is 0 Å². The summed E-state index contributed by atoms with van der Waals surface area (Å²) < 4.78 is 5.33. The fourth-order valence-electron chi connectivity index (χ4n) is 1.66. The molecule has 2 aromatic carbocycles. The number of hydrogen-bond donors (Lipinski definition) is 0. The van der Waals surface area contributed by atoms with E-state index in [2.05, 4.69) is 0 Å². The second-order valence-electron chi connectivity index (χ2n) is 3.70. The molecule has 0 aliphatic rings. The molecular weight excluding hydrogens is 223 g/mol. The van der Waals surface area contributed by atoms with Crippen molar-refractivity contribution >= 4 is 16.7 Å². The van der Waals surface area contributed by atoms with E-state index in [0.717, 1.165) is 17.2 Å². The van der Waals surface area contributed by atoms with Crippen LogP contribution in [0.3, 0.4) is 0 Å². The van der Waals surface area contributed by atoms with Crippen LogP contribution in [0.1, 0.15) is 21.2 Å². The van der Waals surface area contributed by atoms with Gasteiger partial charge >= 0.3 is 35.5 Å². The molecule has 0 fully saturated rings. The van der Waals surface area contributed by atoms with Gasteiger partial charge in [-0.05, 0) is 17.9 Å². The van der Waals surface area contributed by atoms with E-state index in [9.17, 15) is 4.79 Å². The fourth-order valence-corrected chi connectivity index (χ4v) is 1.66. The molecule has 0 saturated carbocycles. The van der Waals surface area contributed by atoms with Crippen LogP contribution < -0.4 is 34.3 Å². The Morgan fingerprint density at radius 3 is 2.65 bits per heavy atom. The average molecular weight is 238 g/mol. The Bertz CT molecular complexity index is 509.